The van der Waals surface area contributed by atoms with Crippen molar-refractivity contribution in [1.82, 2.24) is 9.62 Å². The zero-order chi connectivity index (χ0) is 17.0. The largest absolute Gasteiger partial charge is 0.467 e. The average Bonchev–Trinajstić information content (AvgIpc) is 3.01. The quantitative estimate of drug-likeness (QED) is 0.871. The summed E-state index contributed by atoms with van der Waals surface area (Å²) in [4.78, 5) is 11.9. The topological polar surface area (TPSA) is 79.6 Å². The molecule has 0 aliphatic rings. The minimum Gasteiger partial charge on any atom is -0.467 e. The van der Waals surface area contributed by atoms with Gasteiger partial charge in [0.05, 0.1) is 23.7 Å². The maximum Gasteiger partial charge on any atom is 0.243 e. The van der Waals surface area contributed by atoms with E-state index in [1.54, 1.807) is 19.1 Å². The van der Waals surface area contributed by atoms with Crippen LogP contribution in [0.2, 0.25) is 0 Å². The lowest BCUT2D eigenvalue weighted by Crippen LogP contribution is -2.39. The molecule has 1 heterocycles. The van der Waals surface area contributed by atoms with Crippen molar-refractivity contribution >= 4 is 15.9 Å². The summed E-state index contributed by atoms with van der Waals surface area (Å²) >= 11 is 0. The zero-order valence-electron chi connectivity index (χ0n) is 12.7. The Morgan fingerprint density at radius 3 is 2.52 bits per heavy atom. The molecule has 0 bridgehead atoms. The van der Waals surface area contributed by atoms with E-state index in [1.165, 1.54) is 13.3 Å². The van der Waals surface area contributed by atoms with Crippen LogP contribution >= 0.6 is 0 Å². The molecule has 1 atom stereocenters. The van der Waals surface area contributed by atoms with Crippen LogP contribution in [0.3, 0.4) is 0 Å². The number of nitrogens with one attached hydrogen (secondary N) is 1. The number of hydrogen-bond donors (Lipinski definition) is 1. The number of furan rings is 1. The third-order valence-electron chi connectivity index (χ3n) is 3.24. The highest BCUT2D eigenvalue weighted by molar-refractivity contribution is 7.89. The molecule has 0 spiro atoms. The van der Waals surface area contributed by atoms with Crippen LogP contribution in [0.1, 0.15) is 18.7 Å². The van der Waals surface area contributed by atoms with Crippen LogP contribution < -0.4 is 5.32 Å². The maximum absolute atomic E-state index is 12.9. The Morgan fingerprint density at radius 1 is 1.30 bits per heavy atom. The fourth-order valence-electron chi connectivity index (χ4n) is 1.97. The Bertz CT molecular complexity index is 757. The molecule has 1 amide bonds. The molecule has 0 aliphatic heterocycles. The van der Waals surface area contributed by atoms with Crippen LogP contribution in [-0.4, -0.2) is 32.2 Å². The molecule has 0 unspecified atom stereocenters. The Balaban J connectivity index is 2.01. The normalized spacial score (nSPS) is 13.0. The first-order valence-corrected chi connectivity index (χ1v) is 8.29. The smallest absolute Gasteiger partial charge is 0.243 e. The van der Waals surface area contributed by atoms with Crippen LogP contribution in [0.5, 0.6) is 0 Å². The van der Waals surface area contributed by atoms with Gasteiger partial charge in [0.25, 0.3) is 0 Å². The van der Waals surface area contributed by atoms with Gasteiger partial charge in [-0.05, 0) is 43.3 Å². The molecule has 2 rings (SSSR count). The van der Waals surface area contributed by atoms with Gasteiger partial charge in [-0.3, -0.25) is 4.79 Å². The van der Waals surface area contributed by atoms with Gasteiger partial charge >= 0.3 is 0 Å². The van der Waals surface area contributed by atoms with Crippen molar-refractivity contribution in [3.8, 4) is 0 Å². The third kappa shape index (κ3) is 4.17. The van der Waals surface area contributed by atoms with Crippen molar-refractivity contribution in [3.63, 3.8) is 0 Å². The van der Waals surface area contributed by atoms with Crippen molar-refractivity contribution < 1.29 is 22.0 Å². The molecule has 0 saturated carbocycles. The third-order valence-corrected chi connectivity index (χ3v) is 5.05. The Kier molecular flexibility index (Phi) is 5.17. The van der Waals surface area contributed by atoms with Gasteiger partial charge in [-0.1, -0.05) is 0 Å². The van der Waals surface area contributed by atoms with E-state index >= 15 is 0 Å². The zero-order valence-corrected chi connectivity index (χ0v) is 13.5. The van der Waals surface area contributed by atoms with Gasteiger partial charge in [0.2, 0.25) is 15.9 Å². The Hall–Kier alpha value is -2.19. The van der Waals surface area contributed by atoms with Gasteiger partial charge in [-0.15, -0.1) is 0 Å². The van der Waals surface area contributed by atoms with Gasteiger partial charge in [0, 0.05) is 7.05 Å². The summed E-state index contributed by atoms with van der Waals surface area (Å²) < 4.78 is 43.6. The Labute approximate surface area is 134 Å². The first-order valence-electron chi connectivity index (χ1n) is 6.85. The maximum atomic E-state index is 12.9. The molecular formula is C15H17FN2O4S. The molecule has 0 fully saturated rings. The molecule has 8 heteroatoms. The van der Waals surface area contributed by atoms with Gasteiger partial charge in [-0.25, -0.2) is 12.8 Å². The lowest BCUT2D eigenvalue weighted by molar-refractivity contribution is -0.121. The second kappa shape index (κ2) is 6.93. The highest BCUT2D eigenvalue weighted by Crippen LogP contribution is 2.15. The Morgan fingerprint density at radius 2 is 1.96 bits per heavy atom. The second-order valence-corrected chi connectivity index (χ2v) is 7.06. The van der Waals surface area contributed by atoms with E-state index in [0.29, 0.717) is 5.76 Å². The highest BCUT2D eigenvalue weighted by Gasteiger charge is 2.23. The molecule has 1 aromatic heterocycles. The monoisotopic (exact) mass is 340 g/mol. The minimum absolute atomic E-state index is 0.0757. The number of sulfonamides is 1. The standard InChI is InChI=1S/C15H17FN2O4S/c1-11(14-4-3-9-22-14)17-15(19)10-18(2)23(20,21)13-7-5-12(16)6-8-13/h3-9,11H,10H2,1-2H3,(H,17,19)/t11-/m0/s1. The first-order chi connectivity index (χ1) is 10.8. The molecule has 23 heavy (non-hydrogen) atoms. The number of likely N-dealkylation sites (N-methyl/N-ethyl adjacent to an activating group) is 1. The minimum atomic E-state index is -3.86. The van der Waals surface area contributed by atoms with E-state index < -0.39 is 21.7 Å². The SMILES string of the molecule is C[C@H](NC(=O)CN(C)S(=O)(=O)c1ccc(F)cc1)c1ccco1. The summed E-state index contributed by atoms with van der Waals surface area (Å²) in [5.74, 6) is -0.430. The number of benzene rings is 1. The van der Waals surface area contributed by atoms with Crippen LogP contribution in [0.25, 0.3) is 0 Å². The molecule has 0 aliphatic carbocycles. The van der Waals surface area contributed by atoms with E-state index in [9.17, 15) is 17.6 Å². The highest BCUT2D eigenvalue weighted by atomic mass is 32.2. The van der Waals surface area contributed by atoms with Crippen LogP contribution in [0, 0.1) is 5.82 Å². The van der Waals surface area contributed by atoms with Gasteiger partial charge < -0.3 is 9.73 Å². The van der Waals surface area contributed by atoms with Gasteiger partial charge in [-0.2, -0.15) is 4.31 Å². The fourth-order valence-corrected chi connectivity index (χ4v) is 3.10. The molecule has 1 aromatic carbocycles. The van der Waals surface area contributed by atoms with Crippen molar-refractivity contribution in [2.24, 2.45) is 0 Å². The van der Waals surface area contributed by atoms with Crippen molar-refractivity contribution in [1.29, 1.82) is 0 Å². The predicted molar refractivity (Wildman–Crippen MR) is 81.5 cm³/mol. The van der Waals surface area contributed by atoms with E-state index in [4.69, 9.17) is 4.42 Å². The predicted octanol–water partition coefficient (Wildman–Crippen LogP) is 1.92. The first kappa shape index (κ1) is 17.2. The summed E-state index contributed by atoms with van der Waals surface area (Å²) in [6.07, 6.45) is 1.49. The number of nitrogens with zero attached hydrogens (tertiary/aromatic N) is 1. The number of halogens is 1. The van der Waals surface area contributed by atoms with E-state index in [0.717, 1.165) is 28.6 Å². The van der Waals surface area contributed by atoms with E-state index in [2.05, 4.69) is 5.32 Å². The van der Waals surface area contributed by atoms with E-state index in [-0.39, 0.29) is 17.5 Å². The second-order valence-electron chi connectivity index (χ2n) is 5.02. The van der Waals surface area contributed by atoms with Crippen LogP contribution in [0.4, 0.5) is 4.39 Å². The average molecular weight is 340 g/mol. The molecule has 124 valence electrons. The summed E-state index contributed by atoms with van der Waals surface area (Å²) in [6.45, 7) is 1.37. The molecule has 0 saturated heterocycles. The summed E-state index contributed by atoms with van der Waals surface area (Å²) in [7, 11) is -2.57. The lowest BCUT2D eigenvalue weighted by atomic mass is 10.2. The molecule has 1 N–H and O–H groups in total. The van der Waals surface area contributed by atoms with Crippen molar-refractivity contribution in [3.05, 3.63) is 54.2 Å². The number of hydrogen-bond acceptors (Lipinski definition) is 4. The number of rotatable bonds is 6. The van der Waals surface area contributed by atoms with Gasteiger partial charge in [0.15, 0.2) is 0 Å². The van der Waals surface area contributed by atoms with Crippen molar-refractivity contribution in [2.75, 3.05) is 13.6 Å². The molecule has 0 radical (unpaired) electrons. The van der Waals surface area contributed by atoms with Gasteiger partial charge in [0.1, 0.15) is 11.6 Å². The lowest BCUT2D eigenvalue weighted by Gasteiger charge is -2.18. The number of carbonyl (C=O) groups is 1. The molecular weight excluding hydrogens is 323 g/mol. The molecule has 6 nitrogen and oxygen atoms in total. The fraction of sp³-hybridized carbons (Fsp3) is 0.267. The summed E-state index contributed by atoms with van der Waals surface area (Å²) in [6, 6.07) is 7.46. The summed E-state index contributed by atoms with van der Waals surface area (Å²) in [5.41, 5.74) is 0. The van der Waals surface area contributed by atoms with Crippen LogP contribution in [-0.2, 0) is 14.8 Å². The van der Waals surface area contributed by atoms with Crippen LogP contribution in [0.15, 0.2) is 52.0 Å². The number of amides is 1. The number of carbonyl (C=O) groups excluding carboxylic acids is 1. The van der Waals surface area contributed by atoms with E-state index in [1.807, 2.05) is 0 Å². The van der Waals surface area contributed by atoms with Crippen molar-refractivity contribution in [2.45, 2.75) is 17.9 Å². The summed E-state index contributed by atoms with van der Waals surface area (Å²) in [5, 5.41) is 2.65. The molecule has 2 aromatic rings.